The first-order valence-corrected chi connectivity index (χ1v) is 9.82. The zero-order chi connectivity index (χ0) is 20.2. The van der Waals surface area contributed by atoms with E-state index < -0.39 is 0 Å². The molecule has 4 rings (SSSR count). The van der Waals surface area contributed by atoms with Gasteiger partial charge in [0.05, 0.1) is 22.8 Å². The monoisotopic (exact) mass is 401 g/mol. The van der Waals surface area contributed by atoms with Gasteiger partial charge in [-0.25, -0.2) is 0 Å². The number of nitrogens with zero attached hydrogens (tertiary/aromatic N) is 4. The largest absolute Gasteiger partial charge is 0.326 e. The second-order valence-electron chi connectivity index (χ2n) is 7.04. The molecule has 0 aliphatic carbocycles. The summed E-state index contributed by atoms with van der Waals surface area (Å²) in [5.74, 6) is 0. The van der Waals surface area contributed by atoms with E-state index in [1.165, 1.54) is 10.9 Å². The number of benzene rings is 2. The number of hydrogen-bond acceptors (Lipinski definition) is 4. The summed E-state index contributed by atoms with van der Waals surface area (Å²) in [4.78, 5) is 4.19. The summed E-state index contributed by atoms with van der Waals surface area (Å²) in [6, 6.07) is 17.7. The molecule has 0 aliphatic heterocycles. The third-order valence-electron chi connectivity index (χ3n) is 5.00. The number of aromatic nitrogens is 3. The Hall–Kier alpha value is -3.20. The Balaban J connectivity index is 1.41. The number of nitriles is 1. The minimum Gasteiger partial charge on any atom is -0.326 e. The van der Waals surface area contributed by atoms with Crippen molar-refractivity contribution in [2.45, 2.75) is 25.4 Å². The van der Waals surface area contributed by atoms with Crippen molar-refractivity contribution >= 4 is 22.4 Å². The Morgan fingerprint density at radius 2 is 2.07 bits per heavy atom. The first-order valence-electron chi connectivity index (χ1n) is 9.45. The summed E-state index contributed by atoms with van der Waals surface area (Å²) in [5.41, 5.74) is 9.81. The molecule has 4 aromatic rings. The van der Waals surface area contributed by atoms with E-state index in [0.717, 1.165) is 29.5 Å². The van der Waals surface area contributed by atoms with Crippen LogP contribution in [0.25, 0.3) is 22.0 Å². The van der Waals surface area contributed by atoms with Crippen LogP contribution >= 0.6 is 11.6 Å². The smallest absolute Gasteiger partial charge is 0.101 e. The number of aryl methyl sites for hydroxylation is 1. The van der Waals surface area contributed by atoms with Crippen LogP contribution in [0.3, 0.4) is 0 Å². The van der Waals surface area contributed by atoms with E-state index in [-0.39, 0.29) is 6.04 Å². The van der Waals surface area contributed by atoms with Crippen LogP contribution in [0, 0.1) is 11.3 Å². The molecule has 2 N–H and O–H groups in total. The van der Waals surface area contributed by atoms with E-state index >= 15 is 0 Å². The normalized spacial score (nSPS) is 12.0. The zero-order valence-electron chi connectivity index (χ0n) is 15.8. The minimum atomic E-state index is -0.00982. The second-order valence-corrected chi connectivity index (χ2v) is 7.45. The highest BCUT2D eigenvalue weighted by molar-refractivity contribution is 6.32. The quantitative estimate of drug-likeness (QED) is 0.512. The molecule has 0 saturated heterocycles. The fourth-order valence-electron chi connectivity index (χ4n) is 3.46. The second kappa shape index (κ2) is 8.44. The first-order chi connectivity index (χ1) is 14.1. The van der Waals surface area contributed by atoms with Crippen LogP contribution in [0.5, 0.6) is 0 Å². The first kappa shape index (κ1) is 19.1. The van der Waals surface area contributed by atoms with Crippen molar-refractivity contribution in [2.75, 3.05) is 0 Å². The molecule has 0 bridgehead atoms. The number of halogens is 1. The van der Waals surface area contributed by atoms with Gasteiger partial charge in [-0.15, -0.1) is 0 Å². The van der Waals surface area contributed by atoms with Gasteiger partial charge < -0.3 is 5.73 Å². The van der Waals surface area contributed by atoms with E-state index in [2.05, 4.69) is 40.4 Å². The average Bonchev–Trinajstić information content (AvgIpc) is 3.20. The molecule has 29 heavy (non-hydrogen) atoms. The Morgan fingerprint density at radius 1 is 1.17 bits per heavy atom. The molecular formula is C23H20ClN5. The lowest BCUT2D eigenvalue weighted by atomic mass is 10.0. The van der Waals surface area contributed by atoms with E-state index in [9.17, 15) is 0 Å². The van der Waals surface area contributed by atoms with Gasteiger partial charge in [0.1, 0.15) is 6.07 Å². The number of hydrogen-bond donors (Lipinski definition) is 1. The lowest BCUT2D eigenvalue weighted by Crippen LogP contribution is -2.27. The van der Waals surface area contributed by atoms with Gasteiger partial charge in [-0.3, -0.25) is 9.67 Å². The summed E-state index contributed by atoms with van der Waals surface area (Å²) in [6.07, 6.45) is 7.40. The maximum Gasteiger partial charge on any atom is 0.101 e. The molecule has 0 radical (unpaired) electrons. The number of pyridine rings is 1. The van der Waals surface area contributed by atoms with Gasteiger partial charge in [0.2, 0.25) is 0 Å². The molecule has 2 aromatic carbocycles. The lowest BCUT2D eigenvalue weighted by molar-refractivity contribution is 0.487. The fraction of sp³-hybridized carbons (Fsp3) is 0.174. The maximum atomic E-state index is 9.00. The van der Waals surface area contributed by atoms with Crippen LogP contribution in [0.2, 0.25) is 5.02 Å². The Bertz CT molecular complexity index is 1190. The molecule has 144 valence electrons. The lowest BCUT2D eigenvalue weighted by Gasteiger charge is -2.13. The summed E-state index contributed by atoms with van der Waals surface area (Å²) in [7, 11) is 0. The molecule has 6 heteroatoms. The van der Waals surface area contributed by atoms with Crippen molar-refractivity contribution in [1.29, 1.82) is 5.26 Å². The predicted molar refractivity (Wildman–Crippen MR) is 115 cm³/mol. The SMILES string of the molecule is N#Cc1ccc(-c2ccn(C[C@H](N)CCc3cccc4cnccc34)n2)cc1Cl. The summed E-state index contributed by atoms with van der Waals surface area (Å²) in [5, 5.41) is 16.4. The van der Waals surface area contributed by atoms with Gasteiger partial charge in [0.25, 0.3) is 0 Å². The van der Waals surface area contributed by atoms with Crippen molar-refractivity contribution in [1.82, 2.24) is 14.8 Å². The molecule has 0 aliphatic rings. The molecule has 1 atom stereocenters. The van der Waals surface area contributed by atoms with E-state index in [1.807, 2.05) is 35.4 Å². The third kappa shape index (κ3) is 4.29. The van der Waals surface area contributed by atoms with Gasteiger partial charge in [0, 0.05) is 35.6 Å². The Labute approximate surface area is 174 Å². The number of fused-ring (bicyclic) bond motifs is 1. The molecule has 0 amide bonds. The van der Waals surface area contributed by atoms with Crippen LogP contribution in [0.4, 0.5) is 0 Å². The molecule has 2 aromatic heterocycles. The van der Waals surface area contributed by atoms with Gasteiger partial charge in [-0.2, -0.15) is 10.4 Å². The van der Waals surface area contributed by atoms with Crippen LogP contribution in [0.15, 0.2) is 67.1 Å². The van der Waals surface area contributed by atoms with E-state index in [0.29, 0.717) is 17.1 Å². The molecular weight excluding hydrogens is 382 g/mol. The Morgan fingerprint density at radius 3 is 2.90 bits per heavy atom. The molecule has 2 heterocycles. The number of nitrogens with two attached hydrogens (primary N) is 1. The highest BCUT2D eigenvalue weighted by Gasteiger charge is 2.10. The predicted octanol–water partition coefficient (Wildman–Crippen LogP) is 4.58. The molecule has 0 spiro atoms. The average molecular weight is 402 g/mol. The summed E-state index contributed by atoms with van der Waals surface area (Å²) < 4.78 is 1.86. The van der Waals surface area contributed by atoms with Crippen molar-refractivity contribution in [3.8, 4) is 17.3 Å². The minimum absolute atomic E-state index is 0.00982. The molecule has 0 saturated carbocycles. The highest BCUT2D eigenvalue weighted by atomic mass is 35.5. The van der Waals surface area contributed by atoms with Crippen LogP contribution in [0.1, 0.15) is 17.5 Å². The van der Waals surface area contributed by atoms with Crippen molar-refractivity contribution in [3.05, 3.63) is 83.3 Å². The van der Waals surface area contributed by atoms with Crippen LogP contribution in [-0.2, 0) is 13.0 Å². The van der Waals surface area contributed by atoms with E-state index in [1.54, 1.807) is 12.1 Å². The summed E-state index contributed by atoms with van der Waals surface area (Å²) >= 11 is 6.13. The standard InChI is InChI=1S/C23H20ClN5/c24-22-12-17(4-5-18(22)13-25)23-9-11-29(28-23)15-20(26)7-6-16-2-1-3-19-14-27-10-8-21(16)19/h1-5,8-12,14,20H,6-7,15,26H2/t20-/m1/s1. The van der Waals surface area contributed by atoms with Gasteiger partial charge in [0.15, 0.2) is 0 Å². The Kier molecular flexibility index (Phi) is 5.57. The van der Waals surface area contributed by atoms with Crippen LogP contribution in [-0.4, -0.2) is 20.8 Å². The summed E-state index contributed by atoms with van der Waals surface area (Å²) in [6.45, 7) is 0.635. The zero-order valence-corrected chi connectivity index (χ0v) is 16.5. The van der Waals surface area contributed by atoms with Crippen molar-refractivity contribution in [2.24, 2.45) is 5.73 Å². The third-order valence-corrected chi connectivity index (χ3v) is 5.32. The van der Waals surface area contributed by atoms with Gasteiger partial charge >= 0.3 is 0 Å². The van der Waals surface area contributed by atoms with E-state index in [4.69, 9.17) is 22.6 Å². The molecule has 0 unspecified atom stereocenters. The maximum absolute atomic E-state index is 9.00. The highest BCUT2D eigenvalue weighted by Crippen LogP contribution is 2.24. The van der Waals surface area contributed by atoms with Crippen LogP contribution < -0.4 is 5.73 Å². The van der Waals surface area contributed by atoms with Gasteiger partial charge in [-0.05, 0) is 48.1 Å². The van der Waals surface area contributed by atoms with Crippen molar-refractivity contribution in [3.63, 3.8) is 0 Å². The van der Waals surface area contributed by atoms with Gasteiger partial charge in [-0.1, -0.05) is 35.9 Å². The number of rotatable bonds is 6. The molecule has 5 nitrogen and oxygen atoms in total. The molecule has 0 fully saturated rings. The topological polar surface area (TPSA) is 80.5 Å². The van der Waals surface area contributed by atoms with Crippen molar-refractivity contribution < 1.29 is 0 Å². The fourth-order valence-corrected chi connectivity index (χ4v) is 3.69.